The Bertz CT molecular complexity index is 372. The van der Waals surface area contributed by atoms with Crippen LogP contribution in [0.1, 0.15) is 32.3 Å². The minimum absolute atomic E-state index is 0. The second kappa shape index (κ2) is 7.22. The number of piperazine rings is 1. The largest absolute Gasteiger partial charge is 0.314 e. The maximum Gasteiger partial charge on any atom is 0.123 e. The highest BCUT2D eigenvalue weighted by atomic mass is 35.5. The fourth-order valence-corrected chi connectivity index (χ4v) is 2.74. The van der Waals surface area contributed by atoms with Crippen LogP contribution in [0.4, 0.5) is 4.39 Å². The Morgan fingerprint density at radius 2 is 1.74 bits per heavy atom. The highest BCUT2D eigenvalue weighted by Gasteiger charge is 2.25. The van der Waals surface area contributed by atoms with Crippen LogP contribution in [0.5, 0.6) is 0 Å². The third kappa shape index (κ3) is 4.16. The van der Waals surface area contributed by atoms with Crippen LogP contribution in [0.15, 0.2) is 24.3 Å². The van der Waals surface area contributed by atoms with Gasteiger partial charge in [-0.1, -0.05) is 19.1 Å². The number of hydrogen-bond acceptors (Lipinski definition) is 2. The highest BCUT2D eigenvalue weighted by Crippen LogP contribution is 2.20. The molecule has 2 nitrogen and oxygen atoms in total. The van der Waals surface area contributed by atoms with Gasteiger partial charge in [0.05, 0.1) is 0 Å². The van der Waals surface area contributed by atoms with Gasteiger partial charge in [-0.2, -0.15) is 0 Å². The van der Waals surface area contributed by atoms with Gasteiger partial charge in [0.25, 0.3) is 0 Å². The monoisotopic (exact) mass is 286 g/mol. The summed E-state index contributed by atoms with van der Waals surface area (Å²) in [4.78, 5) is 2.55. The Morgan fingerprint density at radius 1 is 1.21 bits per heavy atom. The van der Waals surface area contributed by atoms with Gasteiger partial charge in [0.1, 0.15) is 5.82 Å². The molecule has 19 heavy (non-hydrogen) atoms. The van der Waals surface area contributed by atoms with Gasteiger partial charge in [-0.3, -0.25) is 4.90 Å². The van der Waals surface area contributed by atoms with Crippen molar-refractivity contribution in [1.29, 1.82) is 0 Å². The molecule has 4 heteroatoms. The van der Waals surface area contributed by atoms with Gasteiger partial charge in [0.2, 0.25) is 0 Å². The fourth-order valence-electron chi connectivity index (χ4n) is 2.74. The third-order valence-electron chi connectivity index (χ3n) is 3.94. The van der Waals surface area contributed by atoms with E-state index in [0.29, 0.717) is 18.0 Å². The fraction of sp³-hybridized carbons (Fsp3) is 0.600. The van der Waals surface area contributed by atoms with Gasteiger partial charge in [-0.25, -0.2) is 4.39 Å². The van der Waals surface area contributed by atoms with E-state index < -0.39 is 0 Å². The Kier molecular flexibility index (Phi) is 6.24. The summed E-state index contributed by atoms with van der Waals surface area (Å²) in [5, 5.41) is 3.44. The summed E-state index contributed by atoms with van der Waals surface area (Å²) in [5.74, 6) is 0.281. The van der Waals surface area contributed by atoms with Crippen molar-refractivity contribution < 1.29 is 4.39 Å². The lowest BCUT2D eigenvalue weighted by Gasteiger charge is -2.40. The van der Waals surface area contributed by atoms with Gasteiger partial charge in [0.15, 0.2) is 0 Å². The number of nitrogens with zero attached hydrogens (tertiary/aromatic N) is 1. The molecule has 0 amide bonds. The molecule has 1 heterocycles. The highest BCUT2D eigenvalue weighted by molar-refractivity contribution is 5.85. The molecule has 1 fully saturated rings. The molecule has 2 rings (SSSR count). The van der Waals surface area contributed by atoms with Crippen molar-refractivity contribution in [3.63, 3.8) is 0 Å². The third-order valence-corrected chi connectivity index (χ3v) is 3.94. The van der Waals surface area contributed by atoms with Crippen LogP contribution in [0.3, 0.4) is 0 Å². The Morgan fingerprint density at radius 3 is 2.26 bits per heavy atom. The predicted molar refractivity (Wildman–Crippen MR) is 80.6 cm³/mol. The number of halogens is 2. The summed E-state index contributed by atoms with van der Waals surface area (Å²) in [6.45, 7) is 9.89. The average Bonchev–Trinajstić information content (AvgIpc) is 2.34. The van der Waals surface area contributed by atoms with Gasteiger partial charge >= 0.3 is 0 Å². The Hall–Kier alpha value is -0.640. The summed E-state index contributed by atoms with van der Waals surface area (Å²) in [6, 6.07) is 8.04. The van der Waals surface area contributed by atoms with Crippen LogP contribution in [0.25, 0.3) is 0 Å². The lowest BCUT2D eigenvalue weighted by atomic mass is 9.98. The molecule has 0 spiro atoms. The van der Waals surface area contributed by atoms with Crippen LogP contribution in [-0.4, -0.2) is 36.6 Å². The van der Waals surface area contributed by atoms with E-state index in [0.717, 1.165) is 19.6 Å². The molecule has 0 aromatic heterocycles. The number of benzene rings is 1. The van der Waals surface area contributed by atoms with Gasteiger partial charge in [-0.05, 0) is 37.5 Å². The van der Waals surface area contributed by atoms with Crippen LogP contribution < -0.4 is 5.32 Å². The average molecular weight is 287 g/mol. The molecule has 1 N–H and O–H groups in total. The number of nitrogens with one attached hydrogen (secondary N) is 1. The molecule has 1 aromatic carbocycles. The molecule has 0 radical (unpaired) electrons. The molecule has 108 valence electrons. The standard InChI is InChI=1S/C15H23FN2.ClH/c1-11(14-4-6-15(16)7-5-14)10-18-12(2)8-17-9-13(18)3;/h4-7,11-13,17H,8-10H2,1-3H3;1H/t11?,12-,13+;. The molecule has 3 atom stereocenters. The number of hydrogen-bond donors (Lipinski definition) is 1. The molecule has 1 aromatic rings. The van der Waals surface area contributed by atoms with Crippen molar-refractivity contribution in [3.05, 3.63) is 35.6 Å². The molecule has 1 saturated heterocycles. The molecule has 1 unspecified atom stereocenters. The van der Waals surface area contributed by atoms with E-state index in [1.165, 1.54) is 5.56 Å². The molecule has 0 aliphatic carbocycles. The zero-order valence-electron chi connectivity index (χ0n) is 11.9. The SMILES string of the molecule is CC(CN1[C@H](C)CNC[C@@H]1C)c1ccc(F)cc1.Cl. The van der Waals surface area contributed by atoms with Gasteiger partial charge in [-0.15, -0.1) is 12.4 Å². The van der Waals surface area contributed by atoms with Crippen LogP contribution in [0, 0.1) is 5.82 Å². The zero-order chi connectivity index (χ0) is 13.1. The van der Waals surface area contributed by atoms with E-state index in [2.05, 4.69) is 31.0 Å². The van der Waals surface area contributed by atoms with E-state index in [4.69, 9.17) is 0 Å². The van der Waals surface area contributed by atoms with E-state index in [9.17, 15) is 4.39 Å². The summed E-state index contributed by atoms with van der Waals surface area (Å²) in [7, 11) is 0. The maximum atomic E-state index is 12.9. The van der Waals surface area contributed by atoms with E-state index in [1.54, 1.807) is 12.1 Å². The smallest absolute Gasteiger partial charge is 0.123 e. The van der Waals surface area contributed by atoms with Crippen LogP contribution in [0.2, 0.25) is 0 Å². The lowest BCUT2D eigenvalue weighted by Crippen LogP contribution is -2.55. The maximum absolute atomic E-state index is 12.9. The quantitative estimate of drug-likeness (QED) is 0.919. The number of rotatable bonds is 3. The first-order chi connectivity index (χ1) is 8.58. The van der Waals surface area contributed by atoms with Crippen molar-refractivity contribution in [3.8, 4) is 0 Å². The zero-order valence-corrected chi connectivity index (χ0v) is 12.7. The normalized spacial score (nSPS) is 25.7. The van der Waals surface area contributed by atoms with Crippen molar-refractivity contribution in [2.45, 2.75) is 38.8 Å². The minimum Gasteiger partial charge on any atom is -0.314 e. The summed E-state index contributed by atoms with van der Waals surface area (Å²) < 4.78 is 12.9. The summed E-state index contributed by atoms with van der Waals surface area (Å²) in [6.07, 6.45) is 0. The van der Waals surface area contributed by atoms with Crippen molar-refractivity contribution in [2.75, 3.05) is 19.6 Å². The van der Waals surface area contributed by atoms with Crippen LogP contribution in [-0.2, 0) is 0 Å². The topological polar surface area (TPSA) is 15.3 Å². The second-order valence-corrected chi connectivity index (χ2v) is 5.51. The molecule has 1 aliphatic heterocycles. The van der Waals surface area contributed by atoms with Crippen molar-refractivity contribution >= 4 is 12.4 Å². The molecular formula is C15H24ClFN2. The molecular weight excluding hydrogens is 263 g/mol. The second-order valence-electron chi connectivity index (χ2n) is 5.51. The summed E-state index contributed by atoms with van der Waals surface area (Å²) >= 11 is 0. The predicted octanol–water partition coefficient (Wildman–Crippen LogP) is 3.03. The first-order valence-electron chi connectivity index (χ1n) is 6.80. The first kappa shape index (κ1) is 16.4. The first-order valence-corrected chi connectivity index (χ1v) is 6.80. The van der Waals surface area contributed by atoms with E-state index in [1.807, 2.05) is 12.1 Å². The van der Waals surface area contributed by atoms with Crippen LogP contribution >= 0.6 is 12.4 Å². The van der Waals surface area contributed by atoms with E-state index in [-0.39, 0.29) is 18.2 Å². The molecule has 0 bridgehead atoms. The lowest BCUT2D eigenvalue weighted by molar-refractivity contribution is 0.110. The van der Waals surface area contributed by atoms with Crippen molar-refractivity contribution in [1.82, 2.24) is 10.2 Å². The van der Waals surface area contributed by atoms with Gasteiger partial charge in [0, 0.05) is 31.7 Å². The van der Waals surface area contributed by atoms with E-state index >= 15 is 0 Å². The minimum atomic E-state index is -0.158. The van der Waals surface area contributed by atoms with Crippen molar-refractivity contribution in [2.24, 2.45) is 0 Å². The Labute approximate surface area is 121 Å². The summed E-state index contributed by atoms with van der Waals surface area (Å²) in [5.41, 5.74) is 1.22. The Balaban J connectivity index is 0.00000180. The van der Waals surface area contributed by atoms with Gasteiger partial charge < -0.3 is 5.32 Å². The molecule has 0 saturated carbocycles. The molecule has 1 aliphatic rings.